The second-order valence-electron chi connectivity index (χ2n) is 0. The van der Waals surface area contributed by atoms with E-state index in [1.54, 1.807) is 0 Å². The topological polar surface area (TPSA) is 0 Å². The molecule has 0 spiro atoms. The molecule has 0 amide bonds. The lowest BCUT2D eigenvalue weighted by Gasteiger charge is -0.115. The predicted molar refractivity (Wildman–Crippen MR) is 186 cm³/mol. The molecule has 0 aliphatic rings. The highest BCUT2D eigenvalue weighted by molar-refractivity contribution is 8.94. The van der Waals surface area contributed by atoms with Crippen molar-refractivity contribution in [1.29, 1.82) is 0 Å². The first-order chi connectivity index (χ1) is 0. The maximum absolute atomic E-state index is 0. The minimum absolute atomic E-state index is 0. The van der Waals surface area contributed by atoms with Gasteiger partial charge in [0.1, 0.15) is 0 Å². The highest BCUT2D eigenvalue weighted by Gasteiger charge is -0.0966. The average Bonchev–Trinajstić information content (AvgIpc) is 0. The van der Waals surface area contributed by atoms with Gasteiger partial charge in [0.05, 0.1) is 0 Å². The molecule has 0 radical (unpaired) electrons. The lowest BCUT2D eigenvalue weighted by molar-refractivity contribution is 8.93. The van der Waals surface area contributed by atoms with Crippen LogP contribution in [0.25, 0.3) is 0 Å². The third kappa shape index (κ3) is 184. The van der Waals surface area contributed by atoms with Crippen LogP contribution in [0.4, 0.5) is 0 Å². The van der Waals surface area contributed by atoms with Gasteiger partial charge in [0.25, 0.3) is 0 Å². The first kappa shape index (κ1) is 235. The first-order valence-corrected chi connectivity index (χ1v) is 0. The van der Waals surface area contributed by atoms with Crippen LogP contribution in [0.3, 0.4) is 0 Å². The number of halogens is 18. The molecular formula is H18Br18. The molecule has 18 heteroatoms. The van der Waals surface area contributed by atoms with E-state index in [1.165, 1.54) is 0 Å². The van der Waals surface area contributed by atoms with Gasteiger partial charge in [-0.15, -0.1) is 306 Å². The smallest absolute Gasteiger partial charge is 0.114 e. The lowest BCUT2D eigenvalue weighted by atomic mass is 79.9. The van der Waals surface area contributed by atoms with E-state index in [1.807, 2.05) is 0 Å². The summed E-state index contributed by atoms with van der Waals surface area (Å²) in [5.74, 6) is 0. The van der Waals surface area contributed by atoms with E-state index in [0.717, 1.165) is 0 Å². The van der Waals surface area contributed by atoms with Crippen molar-refractivity contribution in [2.75, 3.05) is 0 Å². The molecule has 0 nitrogen and oxygen atoms in total. The highest BCUT2D eigenvalue weighted by atomic mass is 79.9. The van der Waals surface area contributed by atoms with E-state index in [2.05, 4.69) is 0 Å². The van der Waals surface area contributed by atoms with Gasteiger partial charge in [-0.2, -0.15) is 0 Å². The zero-order valence-electron chi connectivity index (χ0n) is 7.35. The summed E-state index contributed by atoms with van der Waals surface area (Å²) in [6.45, 7) is 0. The maximum atomic E-state index is 0. The Hall–Kier alpha value is 8.64. The minimum atomic E-state index is 0. The van der Waals surface area contributed by atoms with Gasteiger partial charge in [-0.05, 0) is 0 Å². The number of rotatable bonds is 0. The molecule has 0 atom stereocenters. The molecule has 0 aliphatic carbocycles. The van der Waals surface area contributed by atoms with Gasteiger partial charge in [0.15, 0.2) is 0 Å². The molecule has 0 saturated heterocycles. The van der Waals surface area contributed by atoms with Crippen molar-refractivity contribution in [3.63, 3.8) is 0 Å². The van der Waals surface area contributed by atoms with Crippen molar-refractivity contribution in [3.05, 3.63) is 0 Å². The van der Waals surface area contributed by atoms with Crippen LogP contribution >= 0.6 is 306 Å². The molecule has 0 aliphatic heterocycles. The van der Waals surface area contributed by atoms with E-state index in [9.17, 15) is 0 Å². The van der Waals surface area contributed by atoms with E-state index in [0.29, 0.717) is 0 Å². The van der Waals surface area contributed by atoms with E-state index < -0.39 is 0 Å². The summed E-state index contributed by atoms with van der Waals surface area (Å²) in [6.07, 6.45) is 0. The Labute approximate surface area is 299 Å². The highest BCUT2D eigenvalue weighted by Crippen LogP contribution is 0.863. The van der Waals surface area contributed by atoms with E-state index >= 15 is 0 Å². The van der Waals surface area contributed by atoms with Gasteiger partial charge in [0, 0.05) is 0 Å². The molecule has 0 aromatic carbocycles. The Morgan fingerprint density at radius 2 is 0.0556 bits per heavy atom. The predicted octanol–water partition coefficient (Wildman–Crippen LogP) is 10.4. The molecule has 0 aromatic heterocycles. The summed E-state index contributed by atoms with van der Waals surface area (Å²) in [5.41, 5.74) is 0. The van der Waals surface area contributed by atoms with Gasteiger partial charge in [0.2, 0.25) is 0 Å². The van der Waals surface area contributed by atoms with Crippen molar-refractivity contribution in [2.45, 2.75) is 0 Å². The second kappa shape index (κ2) is 209. The van der Waals surface area contributed by atoms with Crippen LogP contribution in [0, 0.1) is 0 Å². The normalized spacial score (nSPS) is 0. The fourth-order valence-corrected chi connectivity index (χ4v) is 0. The fraction of sp³-hybridized carbons (Fsp3) is 0. The van der Waals surface area contributed by atoms with Gasteiger partial charge < -0.3 is 0 Å². The zero-order chi connectivity index (χ0) is 0. The zero-order valence-corrected chi connectivity index (χ0v) is 38.2. The Morgan fingerprint density at radius 3 is 0.0556 bits per heavy atom. The molecule has 18 heavy (non-hydrogen) atoms. The lowest BCUT2D eigenvalue weighted by Crippen LogP contribution is 0.845. The number of hydrogen-bond donors (Lipinski definition) is 0. The molecule has 0 aromatic rings. The molecule has 0 bridgehead atoms. The van der Waals surface area contributed by atoms with Crippen molar-refractivity contribution >= 4 is 306 Å². The first-order valence-electron chi connectivity index (χ1n) is 0. The van der Waals surface area contributed by atoms with Gasteiger partial charge in [-0.1, -0.05) is 0 Å². The van der Waals surface area contributed by atoms with Gasteiger partial charge in [-0.3, -0.25) is 0 Å². The third-order valence-electron chi connectivity index (χ3n) is 0. The monoisotopic (exact) mass is 1440 g/mol. The fourth-order valence-electron chi connectivity index (χ4n) is 0. The molecule has 0 heterocycles. The number of hydrogen-bond acceptors (Lipinski definition) is 0. The Balaban J connectivity index is 0. The summed E-state index contributed by atoms with van der Waals surface area (Å²) < 4.78 is 0. The Bertz CT molecular complexity index is 0. The van der Waals surface area contributed by atoms with Gasteiger partial charge >= 0.3 is 0 Å². The molecule has 0 saturated carbocycles. The summed E-state index contributed by atoms with van der Waals surface area (Å²) in [5, 5.41) is 0. The summed E-state index contributed by atoms with van der Waals surface area (Å²) in [7, 11) is 0. The van der Waals surface area contributed by atoms with Crippen molar-refractivity contribution < 1.29 is 0 Å². The summed E-state index contributed by atoms with van der Waals surface area (Å²) >= 11 is 0. The van der Waals surface area contributed by atoms with Gasteiger partial charge in [-0.25, -0.2) is 0 Å². The van der Waals surface area contributed by atoms with E-state index in [-0.39, 0.29) is 306 Å². The molecular weight excluding hydrogens is 1440 g/mol. The van der Waals surface area contributed by atoms with Crippen molar-refractivity contribution in [3.8, 4) is 0 Å². The quantitative estimate of drug-likeness (QED) is 0.227. The molecule has 0 unspecified atom stereocenters. The maximum Gasteiger partial charge on any atom is -0.114 e. The van der Waals surface area contributed by atoms with Crippen LogP contribution < -0.4 is 0 Å². The summed E-state index contributed by atoms with van der Waals surface area (Å²) in [4.78, 5) is 0. The van der Waals surface area contributed by atoms with Crippen molar-refractivity contribution in [2.24, 2.45) is 0 Å². The molecule has 0 N–H and O–H groups in total. The van der Waals surface area contributed by atoms with Crippen LogP contribution in [-0.2, 0) is 0 Å². The van der Waals surface area contributed by atoms with E-state index in [4.69, 9.17) is 0 Å². The largest absolute Gasteiger partial charge is 0.114 e. The SMILES string of the molecule is Br.Br.Br.Br.Br.Br.Br.Br.Br.Br.Br.Br.Br.Br.Br.Br.Br.Br. The Kier molecular flexibility index (Phi) is 2720. The summed E-state index contributed by atoms with van der Waals surface area (Å²) in [6, 6.07) is 0. The average molecular weight is 1460 g/mol. The van der Waals surface area contributed by atoms with Crippen LogP contribution in [0.2, 0.25) is 0 Å². The molecule has 0 fully saturated rings. The molecule has 144 valence electrons. The van der Waals surface area contributed by atoms with Crippen LogP contribution in [0.15, 0.2) is 0 Å². The van der Waals surface area contributed by atoms with Crippen LogP contribution in [0.5, 0.6) is 0 Å². The molecule has 0 rings (SSSR count). The standard InChI is InChI=1S/18BrH/h18*1H. The Morgan fingerprint density at radius 1 is 0.0556 bits per heavy atom. The second-order valence-corrected chi connectivity index (χ2v) is 0. The van der Waals surface area contributed by atoms with Crippen LogP contribution in [0.1, 0.15) is 0 Å². The minimum Gasteiger partial charge on any atom is -0.114 e. The third-order valence-corrected chi connectivity index (χ3v) is 0. The van der Waals surface area contributed by atoms with Crippen LogP contribution in [-0.4, -0.2) is 0 Å². The van der Waals surface area contributed by atoms with Crippen molar-refractivity contribution in [1.82, 2.24) is 0 Å².